The van der Waals surface area contributed by atoms with Crippen LogP contribution in [0.1, 0.15) is 12.5 Å². The SMILES string of the molecule is Cc1c(Cl)cccc1NS(=O)(=O)C(C)CO. The second-order valence-corrected chi connectivity index (χ2v) is 6.06. The molecule has 0 amide bonds. The van der Waals surface area contributed by atoms with Crippen LogP contribution in [0, 0.1) is 6.92 Å². The Kier molecular flexibility index (Phi) is 4.18. The van der Waals surface area contributed by atoms with E-state index in [9.17, 15) is 8.42 Å². The summed E-state index contributed by atoms with van der Waals surface area (Å²) in [5, 5.41) is 8.47. The van der Waals surface area contributed by atoms with Crippen LogP contribution in [-0.4, -0.2) is 25.4 Å². The van der Waals surface area contributed by atoms with E-state index in [0.717, 1.165) is 0 Å². The van der Waals surface area contributed by atoms with Crippen LogP contribution in [0.15, 0.2) is 18.2 Å². The second-order valence-electron chi connectivity index (χ2n) is 3.55. The fourth-order valence-corrected chi connectivity index (χ4v) is 2.17. The highest BCUT2D eigenvalue weighted by Gasteiger charge is 2.20. The second kappa shape index (κ2) is 5.03. The molecule has 1 unspecified atom stereocenters. The Bertz CT molecular complexity index is 473. The highest BCUT2D eigenvalue weighted by Crippen LogP contribution is 2.24. The predicted octanol–water partition coefficient (Wildman–Crippen LogP) is 1.77. The molecule has 0 aliphatic heterocycles. The van der Waals surface area contributed by atoms with Crippen LogP contribution in [0.3, 0.4) is 0 Å². The lowest BCUT2D eigenvalue weighted by Crippen LogP contribution is -2.28. The topological polar surface area (TPSA) is 66.4 Å². The maximum Gasteiger partial charge on any atom is 0.237 e. The Balaban J connectivity index is 3.02. The molecule has 0 saturated heterocycles. The van der Waals surface area contributed by atoms with Crippen LogP contribution < -0.4 is 4.72 Å². The molecule has 1 aromatic carbocycles. The van der Waals surface area contributed by atoms with Crippen molar-refractivity contribution in [2.75, 3.05) is 11.3 Å². The van der Waals surface area contributed by atoms with Gasteiger partial charge in [0.15, 0.2) is 0 Å². The summed E-state index contributed by atoms with van der Waals surface area (Å²) in [5.41, 5.74) is 1.10. The number of benzene rings is 1. The van der Waals surface area contributed by atoms with Gasteiger partial charge in [-0.05, 0) is 31.5 Å². The number of nitrogens with one attached hydrogen (secondary N) is 1. The molecule has 0 aliphatic rings. The average molecular weight is 264 g/mol. The monoisotopic (exact) mass is 263 g/mol. The molecule has 16 heavy (non-hydrogen) atoms. The molecule has 0 aliphatic carbocycles. The van der Waals surface area contributed by atoms with Gasteiger partial charge in [-0.15, -0.1) is 0 Å². The zero-order chi connectivity index (χ0) is 12.3. The average Bonchev–Trinajstić information content (AvgIpc) is 2.23. The molecule has 0 radical (unpaired) electrons. The number of aliphatic hydroxyl groups excluding tert-OH is 1. The van der Waals surface area contributed by atoms with E-state index in [2.05, 4.69) is 4.72 Å². The summed E-state index contributed by atoms with van der Waals surface area (Å²) >= 11 is 5.87. The van der Waals surface area contributed by atoms with Crippen molar-refractivity contribution in [2.24, 2.45) is 0 Å². The van der Waals surface area contributed by atoms with Crippen LogP contribution in [0.5, 0.6) is 0 Å². The van der Waals surface area contributed by atoms with E-state index in [1.54, 1.807) is 25.1 Å². The van der Waals surface area contributed by atoms with Gasteiger partial charge in [-0.2, -0.15) is 0 Å². The summed E-state index contributed by atoms with van der Waals surface area (Å²) in [6, 6.07) is 4.98. The summed E-state index contributed by atoms with van der Waals surface area (Å²) in [5.74, 6) is 0. The van der Waals surface area contributed by atoms with Crippen molar-refractivity contribution in [1.29, 1.82) is 0 Å². The minimum atomic E-state index is -3.56. The van der Waals surface area contributed by atoms with Gasteiger partial charge < -0.3 is 5.11 Å². The third-order valence-electron chi connectivity index (χ3n) is 2.31. The molecule has 0 saturated carbocycles. The number of hydrogen-bond donors (Lipinski definition) is 2. The van der Waals surface area contributed by atoms with E-state index in [1.165, 1.54) is 6.92 Å². The molecule has 0 spiro atoms. The minimum absolute atomic E-state index is 0.422. The van der Waals surface area contributed by atoms with Gasteiger partial charge in [0.1, 0.15) is 5.25 Å². The van der Waals surface area contributed by atoms with Gasteiger partial charge in [-0.3, -0.25) is 4.72 Å². The highest BCUT2D eigenvalue weighted by atomic mass is 35.5. The summed E-state index contributed by atoms with van der Waals surface area (Å²) in [4.78, 5) is 0. The number of hydrogen-bond acceptors (Lipinski definition) is 3. The first-order valence-corrected chi connectivity index (χ1v) is 6.68. The lowest BCUT2D eigenvalue weighted by Gasteiger charge is -2.14. The zero-order valence-corrected chi connectivity index (χ0v) is 10.6. The molecule has 1 rings (SSSR count). The van der Waals surface area contributed by atoms with E-state index >= 15 is 0 Å². The van der Waals surface area contributed by atoms with Crippen LogP contribution in [0.2, 0.25) is 5.02 Å². The first-order chi connectivity index (χ1) is 7.38. The molecule has 2 N–H and O–H groups in total. The van der Waals surface area contributed by atoms with Crippen molar-refractivity contribution in [2.45, 2.75) is 19.1 Å². The first kappa shape index (κ1) is 13.3. The summed E-state index contributed by atoms with van der Waals surface area (Å²) in [6.07, 6.45) is 0. The van der Waals surface area contributed by atoms with Crippen molar-refractivity contribution < 1.29 is 13.5 Å². The van der Waals surface area contributed by atoms with Crippen molar-refractivity contribution in [3.63, 3.8) is 0 Å². The van der Waals surface area contributed by atoms with Gasteiger partial charge in [0.2, 0.25) is 10.0 Å². The fourth-order valence-electron chi connectivity index (χ4n) is 1.07. The van der Waals surface area contributed by atoms with Crippen molar-refractivity contribution in [1.82, 2.24) is 0 Å². The standard InChI is InChI=1S/C10H14ClNO3S/c1-7(6-13)16(14,15)12-10-5-3-4-9(11)8(10)2/h3-5,7,12-13H,6H2,1-2H3. The Hall–Kier alpha value is -0.780. The first-order valence-electron chi connectivity index (χ1n) is 4.76. The van der Waals surface area contributed by atoms with Crippen molar-refractivity contribution >= 4 is 27.3 Å². The number of halogens is 1. The van der Waals surface area contributed by atoms with Gasteiger partial charge >= 0.3 is 0 Å². The van der Waals surface area contributed by atoms with E-state index in [-0.39, 0.29) is 0 Å². The molecule has 90 valence electrons. The molecular formula is C10H14ClNO3S. The third kappa shape index (κ3) is 2.87. The van der Waals surface area contributed by atoms with E-state index in [4.69, 9.17) is 16.7 Å². The Labute approximate surface area is 100 Å². The van der Waals surface area contributed by atoms with Crippen molar-refractivity contribution in [3.8, 4) is 0 Å². The predicted molar refractivity (Wildman–Crippen MR) is 65.3 cm³/mol. The molecule has 0 fully saturated rings. The van der Waals surface area contributed by atoms with E-state index < -0.39 is 21.9 Å². The smallest absolute Gasteiger partial charge is 0.237 e. The van der Waals surface area contributed by atoms with Gasteiger partial charge in [0.25, 0.3) is 0 Å². The molecule has 6 heteroatoms. The summed E-state index contributed by atoms with van der Waals surface area (Å²) in [7, 11) is -3.56. The van der Waals surface area contributed by atoms with E-state index in [0.29, 0.717) is 16.3 Å². The molecule has 1 aromatic rings. The van der Waals surface area contributed by atoms with Crippen LogP contribution in [-0.2, 0) is 10.0 Å². The zero-order valence-electron chi connectivity index (χ0n) is 9.07. The molecule has 0 heterocycles. The quantitative estimate of drug-likeness (QED) is 0.870. The number of rotatable bonds is 4. The van der Waals surface area contributed by atoms with Crippen LogP contribution in [0.25, 0.3) is 0 Å². The lowest BCUT2D eigenvalue weighted by atomic mass is 10.2. The molecule has 0 aromatic heterocycles. The van der Waals surface area contributed by atoms with E-state index in [1.807, 2.05) is 0 Å². The normalized spacial score (nSPS) is 13.5. The number of sulfonamides is 1. The lowest BCUT2D eigenvalue weighted by molar-refractivity contribution is 0.296. The largest absolute Gasteiger partial charge is 0.395 e. The summed E-state index contributed by atoms with van der Waals surface area (Å²) in [6.45, 7) is 2.74. The molecular weight excluding hydrogens is 250 g/mol. The van der Waals surface area contributed by atoms with Gasteiger partial charge in [-0.25, -0.2) is 8.42 Å². The molecule has 1 atom stereocenters. The molecule has 4 nitrogen and oxygen atoms in total. The van der Waals surface area contributed by atoms with Gasteiger partial charge in [0, 0.05) is 5.02 Å². The Morgan fingerprint density at radius 3 is 2.69 bits per heavy atom. The highest BCUT2D eigenvalue weighted by molar-refractivity contribution is 7.93. The maximum absolute atomic E-state index is 11.7. The third-order valence-corrected chi connectivity index (χ3v) is 4.43. The maximum atomic E-state index is 11.7. The van der Waals surface area contributed by atoms with Crippen molar-refractivity contribution in [3.05, 3.63) is 28.8 Å². The number of aliphatic hydroxyl groups is 1. The Morgan fingerprint density at radius 1 is 1.50 bits per heavy atom. The Morgan fingerprint density at radius 2 is 2.12 bits per heavy atom. The molecule has 0 bridgehead atoms. The fraction of sp³-hybridized carbons (Fsp3) is 0.400. The van der Waals surface area contributed by atoms with Crippen LogP contribution >= 0.6 is 11.6 Å². The number of anilines is 1. The minimum Gasteiger partial charge on any atom is -0.395 e. The van der Waals surface area contributed by atoms with Gasteiger partial charge in [0.05, 0.1) is 12.3 Å². The van der Waals surface area contributed by atoms with Crippen LogP contribution in [0.4, 0.5) is 5.69 Å². The van der Waals surface area contributed by atoms with Gasteiger partial charge in [-0.1, -0.05) is 17.7 Å². The summed E-state index contributed by atoms with van der Waals surface area (Å²) < 4.78 is 25.8.